The Bertz CT molecular complexity index is 574. The number of nitrogens with one attached hydrogen (secondary N) is 2. The lowest BCUT2D eigenvalue weighted by Gasteiger charge is -2.28. The van der Waals surface area contributed by atoms with Gasteiger partial charge in [-0.05, 0) is 63.4 Å². The summed E-state index contributed by atoms with van der Waals surface area (Å²) in [4.78, 5) is 0.0214. The average Bonchev–Trinajstić information content (AvgIpc) is 2.42. The molecule has 21 heavy (non-hydrogen) atoms. The molecule has 0 amide bonds. The van der Waals surface area contributed by atoms with Gasteiger partial charge in [0.2, 0.25) is 10.0 Å². The first-order valence-corrected chi connectivity index (χ1v) is 8.37. The Kier molecular flexibility index (Phi) is 6.59. The van der Waals surface area contributed by atoms with Crippen molar-refractivity contribution in [3.8, 4) is 0 Å². The van der Waals surface area contributed by atoms with Gasteiger partial charge in [-0.1, -0.05) is 6.07 Å². The molecule has 0 radical (unpaired) electrons. The molecule has 2 rings (SSSR count). The number of halogens is 2. The molecule has 0 spiro atoms. The van der Waals surface area contributed by atoms with Gasteiger partial charge in [-0.2, -0.15) is 0 Å². The Labute approximate surface area is 132 Å². The third kappa shape index (κ3) is 4.64. The minimum Gasteiger partial charge on any atom is -0.316 e. The molecule has 1 aliphatic rings. The van der Waals surface area contributed by atoms with E-state index in [1.165, 1.54) is 12.1 Å². The molecule has 0 bridgehead atoms. The summed E-state index contributed by atoms with van der Waals surface area (Å²) in [5, 5.41) is 3.27. The van der Waals surface area contributed by atoms with Crippen molar-refractivity contribution in [3.05, 3.63) is 29.6 Å². The summed E-state index contributed by atoms with van der Waals surface area (Å²) in [7, 11) is -3.68. The van der Waals surface area contributed by atoms with Crippen molar-refractivity contribution in [2.75, 3.05) is 13.1 Å². The van der Waals surface area contributed by atoms with Crippen LogP contribution in [0.4, 0.5) is 4.39 Å². The van der Waals surface area contributed by atoms with Gasteiger partial charge < -0.3 is 5.32 Å². The van der Waals surface area contributed by atoms with Crippen molar-refractivity contribution in [1.29, 1.82) is 0 Å². The normalized spacial score (nSPS) is 20.6. The number of aryl methyl sites for hydroxylation is 1. The quantitative estimate of drug-likeness (QED) is 0.886. The van der Waals surface area contributed by atoms with E-state index in [1.807, 2.05) is 6.92 Å². The topological polar surface area (TPSA) is 58.2 Å². The van der Waals surface area contributed by atoms with Crippen LogP contribution in [0.25, 0.3) is 0 Å². The molecule has 1 aromatic carbocycles. The highest BCUT2D eigenvalue weighted by Crippen LogP contribution is 2.20. The molecule has 1 heterocycles. The first kappa shape index (κ1) is 18.4. The van der Waals surface area contributed by atoms with Crippen molar-refractivity contribution in [2.24, 2.45) is 5.92 Å². The van der Waals surface area contributed by atoms with Crippen LogP contribution >= 0.6 is 12.4 Å². The van der Waals surface area contributed by atoms with Crippen LogP contribution in [-0.2, 0) is 10.0 Å². The van der Waals surface area contributed by atoms with E-state index in [4.69, 9.17) is 0 Å². The molecule has 2 N–H and O–H groups in total. The summed E-state index contributed by atoms with van der Waals surface area (Å²) in [6.45, 7) is 5.33. The van der Waals surface area contributed by atoms with Crippen LogP contribution in [0.5, 0.6) is 0 Å². The standard InChI is InChI=1S/C14H21FN2O2S.ClH/c1-10-5-6-13(15)8-14(10)20(18,19)17-11(2)12-4-3-7-16-9-12;/h5-6,8,11-12,16-17H,3-4,7,9H2,1-2H3;1H. The van der Waals surface area contributed by atoms with Crippen LogP contribution in [0, 0.1) is 18.7 Å². The second-order valence-corrected chi connectivity index (χ2v) is 7.11. The van der Waals surface area contributed by atoms with E-state index < -0.39 is 15.8 Å². The van der Waals surface area contributed by atoms with Crippen molar-refractivity contribution in [2.45, 2.75) is 37.6 Å². The van der Waals surface area contributed by atoms with Crippen LogP contribution in [0.1, 0.15) is 25.3 Å². The molecule has 1 fully saturated rings. The van der Waals surface area contributed by atoms with E-state index in [0.29, 0.717) is 5.56 Å². The predicted molar refractivity (Wildman–Crippen MR) is 83.8 cm³/mol. The van der Waals surface area contributed by atoms with Crippen LogP contribution in [0.15, 0.2) is 23.1 Å². The van der Waals surface area contributed by atoms with Crippen LogP contribution in [-0.4, -0.2) is 27.5 Å². The first-order chi connectivity index (χ1) is 9.40. The monoisotopic (exact) mass is 336 g/mol. The Morgan fingerprint density at radius 2 is 2.14 bits per heavy atom. The van der Waals surface area contributed by atoms with Crippen molar-refractivity contribution >= 4 is 22.4 Å². The summed E-state index contributed by atoms with van der Waals surface area (Å²) in [6, 6.07) is 3.65. The smallest absolute Gasteiger partial charge is 0.241 e. The maximum Gasteiger partial charge on any atom is 0.241 e. The van der Waals surface area contributed by atoms with Gasteiger partial charge in [0.25, 0.3) is 0 Å². The molecule has 0 aromatic heterocycles. The number of rotatable bonds is 4. The molecule has 2 atom stereocenters. The van der Waals surface area contributed by atoms with Crippen molar-refractivity contribution in [1.82, 2.24) is 10.0 Å². The number of hydrogen-bond donors (Lipinski definition) is 2. The fourth-order valence-corrected chi connectivity index (χ4v) is 4.14. The fraction of sp³-hybridized carbons (Fsp3) is 0.571. The molecular formula is C14H22ClFN2O2S. The van der Waals surface area contributed by atoms with Gasteiger partial charge >= 0.3 is 0 Å². The third-order valence-corrected chi connectivity index (χ3v) is 5.52. The summed E-state index contributed by atoms with van der Waals surface area (Å²) in [6.07, 6.45) is 2.05. The summed E-state index contributed by atoms with van der Waals surface area (Å²) in [5.41, 5.74) is 0.549. The molecule has 1 saturated heterocycles. The highest BCUT2D eigenvalue weighted by Gasteiger charge is 2.26. The lowest BCUT2D eigenvalue weighted by molar-refractivity contribution is 0.320. The van der Waals surface area contributed by atoms with E-state index in [2.05, 4.69) is 10.0 Å². The molecule has 1 aliphatic heterocycles. The zero-order chi connectivity index (χ0) is 14.8. The van der Waals surface area contributed by atoms with Gasteiger partial charge in [0.1, 0.15) is 5.82 Å². The van der Waals surface area contributed by atoms with E-state index in [0.717, 1.165) is 32.0 Å². The van der Waals surface area contributed by atoms with Gasteiger partial charge in [-0.25, -0.2) is 17.5 Å². The van der Waals surface area contributed by atoms with Gasteiger partial charge in [-0.15, -0.1) is 12.4 Å². The lowest BCUT2D eigenvalue weighted by Crippen LogP contribution is -2.44. The summed E-state index contributed by atoms with van der Waals surface area (Å²) in [5.74, 6) is -0.268. The minimum atomic E-state index is -3.68. The zero-order valence-electron chi connectivity index (χ0n) is 12.2. The number of piperidine rings is 1. The Morgan fingerprint density at radius 3 is 2.76 bits per heavy atom. The molecule has 2 unspecified atom stereocenters. The average molecular weight is 337 g/mol. The highest BCUT2D eigenvalue weighted by atomic mass is 35.5. The third-order valence-electron chi connectivity index (χ3n) is 3.82. The van der Waals surface area contributed by atoms with Gasteiger partial charge in [-0.3, -0.25) is 0 Å². The Morgan fingerprint density at radius 1 is 1.43 bits per heavy atom. The highest BCUT2D eigenvalue weighted by molar-refractivity contribution is 7.89. The summed E-state index contributed by atoms with van der Waals surface area (Å²) >= 11 is 0. The van der Waals surface area contributed by atoms with E-state index in [-0.39, 0.29) is 29.3 Å². The fourth-order valence-electron chi connectivity index (χ4n) is 2.57. The number of sulfonamides is 1. The van der Waals surface area contributed by atoms with Gasteiger partial charge in [0.05, 0.1) is 4.90 Å². The van der Waals surface area contributed by atoms with Crippen LogP contribution in [0.2, 0.25) is 0 Å². The maximum atomic E-state index is 13.3. The second kappa shape index (κ2) is 7.54. The summed E-state index contributed by atoms with van der Waals surface area (Å²) < 4.78 is 40.7. The van der Waals surface area contributed by atoms with Gasteiger partial charge in [0.15, 0.2) is 0 Å². The number of benzene rings is 1. The molecule has 0 aliphatic carbocycles. The SMILES string of the molecule is Cc1ccc(F)cc1S(=O)(=O)NC(C)C1CCCNC1.Cl. The molecule has 120 valence electrons. The Balaban J connectivity index is 0.00000220. The minimum absolute atomic E-state index is 0. The Hall–Kier alpha value is -0.690. The van der Waals surface area contributed by atoms with E-state index in [9.17, 15) is 12.8 Å². The molecular weight excluding hydrogens is 315 g/mol. The van der Waals surface area contributed by atoms with Crippen molar-refractivity contribution in [3.63, 3.8) is 0 Å². The van der Waals surface area contributed by atoms with Crippen molar-refractivity contribution < 1.29 is 12.8 Å². The van der Waals surface area contributed by atoms with Crippen LogP contribution < -0.4 is 10.0 Å². The first-order valence-electron chi connectivity index (χ1n) is 6.89. The number of hydrogen-bond acceptors (Lipinski definition) is 3. The second-order valence-electron chi connectivity index (χ2n) is 5.43. The van der Waals surface area contributed by atoms with Gasteiger partial charge in [0, 0.05) is 6.04 Å². The zero-order valence-corrected chi connectivity index (χ0v) is 13.9. The molecule has 0 saturated carbocycles. The largest absolute Gasteiger partial charge is 0.316 e. The van der Waals surface area contributed by atoms with Crippen LogP contribution in [0.3, 0.4) is 0 Å². The molecule has 1 aromatic rings. The molecule has 4 nitrogen and oxygen atoms in total. The predicted octanol–water partition coefficient (Wildman–Crippen LogP) is 2.22. The maximum absolute atomic E-state index is 13.3. The molecule has 7 heteroatoms. The van der Waals surface area contributed by atoms with E-state index in [1.54, 1.807) is 6.92 Å². The lowest BCUT2D eigenvalue weighted by atomic mass is 9.94. The van der Waals surface area contributed by atoms with E-state index >= 15 is 0 Å².